The number of carbonyl (C=O) groups excluding carboxylic acids is 1. The Morgan fingerprint density at radius 3 is 2.49 bits per heavy atom. The van der Waals surface area contributed by atoms with Crippen molar-refractivity contribution in [2.75, 3.05) is 6.54 Å². The van der Waals surface area contributed by atoms with E-state index in [0.717, 1.165) is 54.3 Å². The molecule has 0 saturated heterocycles. The number of carbonyl (C=O) groups is 1. The maximum atomic E-state index is 13.8. The molecule has 1 aliphatic rings. The Balaban J connectivity index is 1.40. The van der Waals surface area contributed by atoms with Gasteiger partial charge in [0.1, 0.15) is 6.04 Å². The van der Waals surface area contributed by atoms with Gasteiger partial charge in [-0.15, -0.1) is 0 Å². The van der Waals surface area contributed by atoms with E-state index in [1.165, 1.54) is 18.2 Å². The molecule has 0 unspecified atom stereocenters. The molecule has 1 fully saturated rings. The first-order valence-corrected chi connectivity index (χ1v) is 15.4. The van der Waals surface area contributed by atoms with Crippen molar-refractivity contribution in [2.24, 2.45) is 0 Å². The highest BCUT2D eigenvalue weighted by Gasteiger charge is 2.37. The molecule has 1 saturated carbocycles. The Bertz CT molecular complexity index is 1630. The van der Waals surface area contributed by atoms with Crippen LogP contribution in [0.2, 0.25) is 0 Å². The predicted molar refractivity (Wildman–Crippen MR) is 157 cm³/mol. The van der Waals surface area contributed by atoms with Crippen molar-refractivity contribution < 1.29 is 18.1 Å². The van der Waals surface area contributed by atoms with E-state index >= 15 is 0 Å². The standard InChI is InChI=1S/C30H33N5O5S/c36-29(33-21-30(15-7-1-8-16-30)28-14-6-9-17-31-28)26(18-23-19-32-25-12-4-3-11-24(23)25)34-41(39,40)20-22-10-2-5-13-27(22)35(37)38/h2-6,9-14,17,19,26,32,34H,1,7-8,15-16,18,20-21H2,(H,33,36)/t26-/m0/s1. The molecule has 0 spiro atoms. The van der Waals surface area contributed by atoms with Crippen LogP contribution in [0.1, 0.15) is 48.9 Å². The van der Waals surface area contributed by atoms with Crippen LogP contribution in [0.15, 0.2) is 79.1 Å². The molecule has 2 aromatic heterocycles. The number of fused-ring (bicyclic) bond motifs is 1. The van der Waals surface area contributed by atoms with Crippen LogP contribution in [0.25, 0.3) is 10.9 Å². The van der Waals surface area contributed by atoms with Gasteiger partial charge in [-0.3, -0.25) is 19.9 Å². The lowest BCUT2D eigenvalue weighted by molar-refractivity contribution is -0.385. The van der Waals surface area contributed by atoms with E-state index in [1.54, 1.807) is 18.5 Å². The number of sulfonamides is 1. The van der Waals surface area contributed by atoms with Crippen molar-refractivity contribution in [3.63, 3.8) is 0 Å². The fraction of sp³-hybridized carbons (Fsp3) is 0.333. The van der Waals surface area contributed by atoms with Crippen LogP contribution < -0.4 is 10.0 Å². The summed E-state index contributed by atoms with van der Waals surface area (Å²) < 4.78 is 29.2. The normalized spacial score (nSPS) is 15.8. The Morgan fingerprint density at radius 2 is 1.73 bits per heavy atom. The summed E-state index contributed by atoms with van der Waals surface area (Å²) in [7, 11) is -4.14. The van der Waals surface area contributed by atoms with E-state index in [2.05, 4.69) is 20.0 Å². The topological polar surface area (TPSA) is 147 Å². The molecule has 2 heterocycles. The summed E-state index contributed by atoms with van der Waals surface area (Å²) in [5.74, 6) is -1.08. The first kappa shape index (κ1) is 28.4. The van der Waals surface area contributed by atoms with Gasteiger partial charge >= 0.3 is 0 Å². The van der Waals surface area contributed by atoms with Crippen LogP contribution in [0.4, 0.5) is 5.69 Å². The monoisotopic (exact) mass is 575 g/mol. The third-order valence-electron chi connectivity index (χ3n) is 7.89. The second-order valence-electron chi connectivity index (χ2n) is 10.7. The molecule has 1 amide bonds. The summed E-state index contributed by atoms with van der Waals surface area (Å²) >= 11 is 0. The summed E-state index contributed by atoms with van der Waals surface area (Å²) in [6.07, 6.45) is 8.55. The summed E-state index contributed by atoms with van der Waals surface area (Å²) in [5.41, 5.74) is 2.01. The van der Waals surface area contributed by atoms with Crippen LogP contribution >= 0.6 is 0 Å². The van der Waals surface area contributed by atoms with Crippen molar-refractivity contribution in [3.05, 3.63) is 106 Å². The average molecular weight is 576 g/mol. The van der Waals surface area contributed by atoms with E-state index in [4.69, 9.17) is 0 Å². The zero-order valence-corrected chi connectivity index (χ0v) is 23.4. The molecule has 1 atom stereocenters. The van der Waals surface area contributed by atoms with Crippen LogP contribution in [0, 0.1) is 10.1 Å². The number of hydrogen-bond acceptors (Lipinski definition) is 6. The molecule has 214 valence electrons. The number of benzene rings is 2. The number of nitrogens with zero attached hydrogens (tertiary/aromatic N) is 2. The molecule has 0 aliphatic heterocycles. The van der Waals surface area contributed by atoms with E-state index in [9.17, 15) is 23.3 Å². The Hall–Kier alpha value is -4.09. The molecule has 0 radical (unpaired) electrons. The number of nitrogens with one attached hydrogen (secondary N) is 3. The van der Waals surface area contributed by atoms with Crippen molar-refractivity contribution in [3.8, 4) is 0 Å². The first-order chi connectivity index (χ1) is 19.8. The minimum atomic E-state index is -4.14. The second kappa shape index (κ2) is 12.2. The van der Waals surface area contributed by atoms with Gasteiger partial charge in [0.25, 0.3) is 5.69 Å². The van der Waals surface area contributed by atoms with E-state index in [1.807, 2.05) is 42.5 Å². The minimum Gasteiger partial charge on any atom is -0.361 e. The van der Waals surface area contributed by atoms with Crippen molar-refractivity contribution in [2.45, 2.75) is 55.7 Å². The Morgan fingerprint density at radius 1 is 1.00 bits per heavy atom. The summed E-state index contributed by atoms with van der Waals surface area (Å²) in [6.45, 7) is 0.332. The number of H-pyrrole nitrogens is 1. The number of nitro benzene ring substituents is 1. The molecular formula is C30H33N5O5S. The molecule has 3 N–H and O–H groups in total. The van der Waals surface area contributed by atoms with Crippen molar-refractivity contribution in [1.29, 1.82) is 0 Å². The molecule has 2 aromatic carbocycles. The number of hydrogen-bond donors (Lipinski definition) is 3. The number of nitro groups is 1. The second-order valence-corrected chi connectivity index (χ2v) is 12.4. The van der Waals surface area contributed by atoms with Crippen LogP contribution in [-0.2, 0) is 32.4 Å². The minimum absolute atomic E-state index is 0.0487. The van der Waals surface area contributed by atoms with E-state index < -0.39 is 32.6 Å². The highest BCUT2D eigenvalue weighted by molar-refractivity contribution is 7.88. The van der Waals surface area contributed by atoms with Gasteiger partial charge in [0.15, 0.2) is 0 Å². The first-order valence-electron chi connectivity index (χ1n) is 13.7. The predicted octanol–water partition coefficient (Wildman–Crippen LogP) is 4.52. The molecule has 1 aliphatic carbocycles. The summed E-state index contributed by atoms with van der Waals surface area (Å²) in [5, 5.41) is 15.4. The Kier molecular flexibility index (Phi) is 8.46. The van der Waals surface area contributed by atoms with Gasteiger partial charge in [0.2, 0.25) is 15.9 Å². The summed E-state index contributed by atoms with van der Waals surface area (Å²) in [6, 6.07) is 18.0. The van der Waals surface area contributed by atoms with Gasteiger partial charge in [0.05, 0.1) is 10.7 Å². The molecule has 4 aromatic rings. The van der Waals surface area contributed by atoms with E-state index in [0.29, 0.717) is 6.54 Å². The molecule has 11 heteroatoms. The largest absolute Gasteiger partial charge is 0.361 e. The van der Waals surface area contributed by atoms with Crippen molar-refractivity contribution >= 4 is 32.5 Å². The third kappa shape index (κ3) is 6.63. The average Bonchev–Trinajstić information content (AvgIpc) is 3.39. The molecule has 41 heavy (non-hydrogen) atoms. The molecular weight excluding hydrogens is 542 g/mol. The van der Waals surface area contributed by atoms with Gasteiger partial charge < -0.3 is 10.3 Å². The van der Waals surface area contributed by atoms with Gasteiger partial charge in [-0.05, 0) is 43.0 Å². The smallest absolute Gasteiger partial charge is 0.273 e. The van der Waals surface area contributed by atoms with Crippen LogP contribution in [0.5, 0.6) is 0 Å². The molecule has 10 nitrogen and oxygen atoms in total. The number of amides is 1. The van der Waals surface area contributed by atoms with Gasteiger partial charge in [-0.1, -0.05) is 61.7 Å². The highest BCUT2D eigenvalue weighted by Crippen LogP contribution is 2.38. The maximum Gasteiger partial charge on any atom is 0.273 e. The molecule has 5 rings (SSSR count). The molecule has 0 bridgehead atoms. The zero-order chi connectivity index (χ0) is 28.9. The van der Waals surface area contributed by atoms with Crippen LogP contribution in [0.3, 0.4) is 0 Å². The number of aromatic nitrogens is 2. The maximum absolute atomic E-state index is 13.8. The number of aromatic amines is 1. The highest BCUT2D eigenvalue weighted by atomic mass is 32.2. The zero-order valence-electron chi connectivity index (χ0n) is 22.6. The number of rotatable bonds is 11. The van der Waals surface area contributed by atoms with Crippen molar-refractivity contribution in [1.82, 2.24) is 20.0 Å². The van der Waals surface area contributed by atoms with Gasteiger partial charge in [0, 0.05) is 52.6 Å². The fourth-order valence-corrected chi connectivity index (χ4v) is 7.15. The quantitative estimate of drug-likeness (QED) is 0.177. The SMILES string of the molecule is O=C(NCC1(c2ccccn2)CCCCC1)[C@H](Cc1c[nH]c2ccccc12)NS(=O)(=O)Cc1ccccc1[N+](=O)[O-]. The van der Waals surface area contributed by atoms with Crippen LogP contribution in [-0.4, -0.2) is 41.8 Å². The lowest BCUT2D eigenvalue weighted by Gasteiger charge is -2.37. The third-order valence-corrected chi connectivity index (χ3v) is 9.23. The Labute approximate surface area is 238 Å². The lowest BCUT2D eigenvalue weighted by atomic mass is 9.71. The van der Waals surface area contributed by atoms with E-state index in [-0.39, 0.29) is 23.1 Å². The fourth-order valence-electron chi connectivity index (χ4n) is 5.79. The lowest BCUT2D eigenvalue weighted by Crippen LogP contribution is -2.51. The number of para-hydroxylation sites is 2. The van der Waals surface area contributed by atoms with Gasteiger partial charge in [-0.2, -0.15) is 0 Å². The number of pyridine rings is 1. The summed E-state index contributed by atoms with van der Waals surface area (Å²) in [4.78, 5) is 32.4. The van der Waals surface area contributed by atoms with Gasteiger partial charge in [-0.25, -0.2) is 13.1 Å².